The molecule has 2 saturated heterocycles. The average Bonchev–Trinajstić information content (AvgIpc) is 2.69. The van der Waals surface area contributed by atoms with Gasteiger partial charge in [-0.25, -0.2) is 0 Å². The zero-order chi connectivity index (χ0) is 17.1. The molecule has 1 aromatic rings. The summed E-state index contributed by atoms with van der Waals surface area (Å²) in [5.74, 6) is 0.663. The van der Waals surface area contributed by atoms with Crippen LogP contribution >= 0.6 is 0 Å². The van der Waals surface area contributed by atoms with Crippen molar-refractivity contribution in [3.8, 4) is 0 Å². The first-order chi connectivity index (χ1) is 12.3. The standard InChI is InChI=1S/C20H29N3O2/c24-20(17-4-2-1-3-5-17)23-11-8-19-18(15-23)22(12-13-25-19)14-16-6-9-21-10-7-16/h6-7,9-10,17-19H,1-5,8,11-15H2/t18-,19-/m0/s1. The second-order valence-electron chi connectivity index (χ2n) is 7.71. The number of nitrogens with zero attached hydrogens (tertiary/aromatic N) is 3. The van der Waals surface area contributed by atoms with Crippen molar-refractivity contribution >= 4 is 5.91 Å². The normalized spacial score (nSPS) is 28.6. The lowest BCUT2D eigenvalue weighted by Crippen LogP contribution is -2.61. The Bertz CT molecular complexity index is 574. The topological polar surface area (TPSA) is 45.7 Å². The molecule has 4 rings (SSSR count). The Balaban J connectivity index is 1.42. The highest BCUT2D eigenvalue weighted by Crippen LogP contribution is 2.29. The van der Waals surface area contributed by atoms with E-state index < -0.39 is 0 Å². The molecule has 0 aromatic carbocycles. The number of morpholine rings is 1. The van der Waals surface area contributed by atoms with Gasteiger partial charge in [-0.2, -0.15) is 0 Å². The largest absolute Gasteiger partial charge is 0.375 e. The van der Waals surface area contributed by atoms with Crippen LogP contribution in [0.3, 0.4) is 0 Å². The van der Waals surface area contributed by atoms with Crippen LogP contribution in [0.2, 0.25) is 0 Å². The van der Waals surface area contributed by atoms with Gasteiger partial charge in [0.05, 0.1) is 18.8 Å². The first-order valence-electron chi connectivity index (χ1n) is 9.84. The van der Waals surface area contributed by atoms with E-state index in [4.69, 9.17) is 4.74 Å². The zero-order valence-corrected chi connectivity index (χ0v) is 15.0. The van der Waals surface area contributed by atoms with Gasteiger partial charge < -0.3 is 9.64 Å². The maximum absolute atomic E-state index is 13.0. The number of pyridine rings is 1. The van der Waals surface area contributed by atoms with Gasteiger partial charge in [0.1, 0.15) is 0 Å². The van der Waals surface area contributed by atoms with E-state index in [-0.39, 0.29) is 12.0 Å². The van der Waals surface area contributed by atoms with Crippen molar-refractivity contribution in [1.29, 1.82) is 0 Å². The van der Waals surface area contributed by atoms with E-state index in [1.54, 1.807) is 0 Å². The van der Waals surface area contributed by atoms with Gasteiger partial charge >= 0.3 is 0 Å². The molecule has 136 valence electrons. The van der Waals surface area contributed by atoms with E-state index in [1.165, 1.54) is 24.8 Å². The van der Waals surface area contributed by atoms with Gasteiger partial charge in [-0.15, -0.1) is 0 Å². The van der Waals surface area contributed by atoms with Gasteiger partial charge in [-0.1, -0.05) is 19.3 Å². The lowest BCUT2D eigenvalue weighted by atomic mass is 9.87. The molecule has 0 radical (unpaired) electrons. The van der Waals surface area contributed by atoms with Crippen molar-refractivity contribution in [2.24, 2.45) is 5.92 Å². The fourth-order valence-corrected chi connectivity index (χ4v) is 4.67. The number of ether oxygens (including phenoxy) is 1. The molecule has 25 heavy (non-hydrogen) atoms. The first-order valence-corrected chi connectivity index (χ1v) is 9.84. The number of hydrogen-bond donors (Lipinski definition) is 0. The van der Waals surface area contributed by atoms with Gasteiger partial charge in [0.25, 0.3) is 0 Å². The number of piperidine rings is 1. The monoisotopic (exact) mass is 343 g/mol. The van der Waals surface area contributed by atoms with Gasteiger partial charge in [-0.3, -0.25) is 14.7 Å². The van der Waals surface area contributed by atoms with Gasteiger partial charge in [0.15, 0.2) is 0 Å². The number of likely N-dealkylation sites (tertiary alicyclic amines) is 1. The lowest BCUT2D eigenvalue weighted by molar-refractivity contribution is -0.148. The molecule has 0 spiro atoms. The van der Waals surface area contributed by atoms with E-state index in [1.807, 2.05) is 12.4 Å². The molecule has 1 aromatic heterocycles. The number of aromatic nitrogens is 1. The zero-order valence-electron chi connectivity index (χ0n) is 15.0. The summed E-state index contributed by atoms with van der Waals surface area (Å²) in [6.45, 7) is 4.33. The van der Waals surface area contributed by atoms with Crippen molar-refractivity contribution in [1.82, 2.24) is 14.8 Å². The van der Waals surface area contributed by atoms with Gasteiger partial charge in [-0.05, 0) is 37.0 Å². The van der Waals surface area contributed by atoms with E-state index in [2.05, 4.69) is 26.9 Å². The minimum absolute atomic E-state index is 0.267. The van der Waals surface area contributed by atoms with E-state index in [0.29, 0.717) is 11.9 Å². The number of rotatable bonds is 3. The Morgan fingerprint density at radius 2 is 1.92 bits per heavy atom. The van der Waals surface area contributed by atoms with Crippen LogP contribution in [0.15, 0.2) is 24.5 Å². The average molecular weight is 343 g/mol. The number of carbonyl (C=O) groups excluding carboxylic acids is 1. The molecule has 0 N–H and O–H groups in total. The van der Waals surface area contributed by atoms with Crippen LogP contribution in [0, 0.1) is 5.92 Å². The quantitative estimate of drug-likeness (QED) is 0.846. The Hall–Kier alpha value is -1.46. The highest BCUT2D eigenvalue weighted by Gasteiger charge is 2.39. The maximum Gasteiger partial charge on any atom is 0.225 e. The summed E-state index contributed by atoms with van der Waals surface area (Å²) in [6, 6.07) is 4.49. The Labute approximate surface area is 150 Å². The van der Waals surface area contributed by atoms with Crippen molar-refractivity contribution in [2.45, 2.75) is 57.2 Å². The molecule has 3 fully saturated rings. The molecular weight excluding hydrogens is 314 g/mol. The number of amides is 1. The molecule has 5 nitrogen and oxygen atoms in total. The molecule has 1 amide bonds. The molecule has 2 aliphatic heterocycles. The minimum Gasteiger partial charge on any atom is -0.375 e. The van der Waals surface area contributed by atoms with E-state index in [9.17, 15) is 4.79 Å². The fourth-order valence-electron chi connectivity index (χ4n) is 4.67. The van der Waals surface area contributed by atoms with Crippen LogP contribution in [-0.2, 0) is 16.1 Å². The van der Waals surface area contributed by atoms with Crippen LogP contribution in [0.25, 0.3) is 0 Å². The Morgan fingerprint density at radius 1 is 1.12 bits per heavy atom. The smallest absolute Gasteiger partial charge is 0.225 e. The molecular formula is C20H29N3O2. The predicted octanol–water partition coefficient (Wildman–Crippen LogP) is 2.46. The maximum atomic E-state index is 13.0. The van der Waals surface area contributed by atoms with Crippen molar-refractivity contribution in [3.05, 3.63) is 30.1 Å². The van der Waals surface area contributed by atoms with Crippen LogP contribution in [0.5, 0.6) is 0 Å². The van der Waals surface area contributed by atoms with E-state index in [0.717, 1.165) is 52.0 Å². The third-order valence-electron chi connectivity index (χ3n) is 6.10. The van der Waals surface area contributed by atoms with Gasteiger partial charge in [0.2, 0.25) is 5.91 Å². The number of fused-ring (bicyclic) bond motifs is 1. The second-order valence-corrected chi connectivity index (χ2v) is 7.71. The van der Waals surface area contributed by atoms with Crippen LogP contribution in [0.1, 0.15) is 44.1 Å². The number of hydrogen-bond acceptors (Lipinski definition) is 4. The summed E-state index contributed by atoms with van der Waals surface area (Å²) in [5.41, 5.74) is 1.28. The van der Waals surface area contributed by atoms with Gasteiger partial charge in [0, 0.05) is 44.5 Å². The third kappa shape index (κ3) is 3.87. The van der Waals surface area contributed by atoms with Crippen LogP contribution in [-0.4, -0.2) is 59.1 Å². The SMILES string of the molecule is O=C(C1CCCCC1)N1CC[C@@H]2OCCN(Cc3ccncc3)[C@H]2C1. The first kappa shape index (κ1) is 17.0. The van der Waals surface area contributed by atoms with Crippen LogP contribution < -0.4 is 0 Å². The summed E-state index contributed by atoms with van der Waals surface area (Å²) in [6.07, 6.45) is 10.8. The fraction of sp³-hybridized carbons (Fsp3) is 0.700. The third-order valence-corrected chi connectivity index (χ3v) is 6.10. The summed E-state index contributed by atoms with van der Waals surface area (Å²) in [5, 5.41) is 0. The molecule has 1 aliphatic carbocycles. The second kappa shape index (κ2) is 7.83. The Kier molecular flexibility index (Phi) is 5.32. The number of carbonyl (C=O) groups is 1. The molecule has 0 unspecified atom stereocenters. The molecule has 3 heterocycles. The van der Waals surface area contributed by atoms with E-state index >= 15 is 0 Å². The van der Waals surface area contributed by atoms with Crippen molar-refractivity contribution in [3.63, 3.8) is 0 Å². The molecule has 5 heteroatoms. The molecule has 2 atom stereocenters. The summed E-state index contributed by atoms with van der Waals surface area (Å²) in [4.78, 5) is 21.7. The van der Waals surface area contributed by atoms with Crippen LogP contribution in [0.4, 0.5) is 0 Å². The van der Waals surface area contributed by atoms with Crippen molar-refractivity contribution in [2.75, 3.05) is 26.2 Å². The molecule has 1 saturated carbocycles. The highest BCUT2D eigenvalue weighted by atomic mass is 16.5. The molecule has 0 bridgehead atoms. The van der Waals surface area contributed by atoms with Crippen molar-refractivity contribution < 1.29 is 9.53 Å². The lowest BCUT2D eigenvalue weighted by Gasteiger charge is -2.47. The minimum atomic E-state index is 0.267. The summed E-state index contributed by atoms with van der Waals surface area (Å²) < 4.78 is 6.03. The molecule has 3 aliphatic rings. The predicted molar refractivity (Wildman–Crippen MR) is 95.9 cm³/mol. The summed E-state index contributed by atoms with van der Waals surface area (Å²) in [7, 11) is 0. The Morgan fingerprint density at radius 3 is 2.72 bits per heavy atom. The summed E-state index contributed by atoms with van der Waals surface area (Å²) >= 11 is 0. The highest BCUT2D eigenvalue weighted by molar-refractivity contribution is 5.79.